The summed E-state index contributed by atoms with van der Waals surface area (Å²) >= 11 is 0. The Kier molecular flexibility index (Phi) is 4.22. The van der Waals surface area contributed by atoms with Gasteiger partial charge in [0.15, 0.2) is 5.75 Å². The van der Waals surface area contributed by atoms with E-state index in [4.69, 9.17) is 9.47 Å². The Labute approximate surface area is 140 Å². The number of hydrogen-bond donors (Lipinski definition) is 1. The number of ether oxygens (including phenoxy) is 2. The first kappa shape index (κ1) is 16.0. The molecule has 0 atom stereocenters. The Bertz CT molecular complexity index is 817. The standard InChI is InChI=1S/C18H18N2O4/c1-11-4-6-16-14(8-11)20(2)18(22)13-9-12(5-7-15(13)24-16)19-17(21)10-23-3/h4-9H,10H2,1-3H3,(H,19,21). The molecule has 6 heteroatoms. The topological polar surface area (TPSA) is 67.9 Å². The van der Waals surface area contributed by atoms with Gasteiger partial charge in [-0.25, -0.2) is 0 Å². The second-order valence-corrected chi connectivity index (χ2v) is 5.63. The van der Waals surface area contributed by atoms with Gasteiger partial charge in [-0.15, -0.1) is 0 Å². The van der Waals surface area contributed by atoms with E-state index in [9.17, 15) is 9.59 Å². The molecule has 0 spiro atoms. The van der Waals surface area contributed by atoms with Gasteiger partial charge in [-0.1, -0.05) is 6.07 Å². The van der Waals surface area contributed by atoms with Gasteiger partial charge < -0.3 is 19.7 Å². The number of carbonyl (C=O) groups excluding carboxylic acids is 2. The molecule has 124 valence electrons. The Balaban J connectivity index is 1.99. The number of hydrogen-bond acceptors (Lipinski definition) is 4. The second-order valence-electron chi connectivity index (χ2n) is 5.63. The van der Waals surface area contributed by atoms with Crippen LogP contribution in [0.4, 0.5) is 11.4 Å². The number of amides is 2. The van der Waals surface area contributed by atoms with Gasteiger partial charge >= 0.3 is 0 Å². The quantitative estimate of drug-likeness (QED) is 0.941. The molecule has 2 aromatic rings. The summed E-state index contributed by atoms with van der Waals surface area (Å²) in [6, 6.07) is 10.7. The van der Waals surface area contributed by atoms with Crippen molar-refractivity contribution >= 4 is 23.2 Å². The van der Waals surface area contributed by atoms with Crippen molar-refractivity contribution in [2.45, 2.75) is 6.92 Å². The molecule has 1 aliphatic heterocycles. The fraction of sp³-hybridized carbons (Fsp3) is 0.222. The molecule has 0 aliphatic carbocycles. The highest BCUT2D eigenvalue weighted by Gasteiger charge is 2.26. The van der Waals surface area contributed by atoms with Crippen LogP contribution in [0.25, 0.3) is 0 Å². The van der Waals surface area contributed by atoms with Gasteiger partial charge in [0.2, 0.25) is 5.91 Å². The summed E-state index contributed by atoms with van der Waals surface area (Å²) in [4.78, 5) is 26.0. The molecule has 24 heavy (non-hydrogen) atoms. The highest BCUT2D eigenvalue weighted by Crippen LogP contribution is 2.39. The van der Waals surface area contributed by atoms with Crippen LogP contribution in [0.5, 0.6) is 11.5 Å². The zero-order valence-corrected chi connectivity index (χ0v) is 13.8. The lowest BCUT2D eigenvalue weighted by Gasteiger charge is -2.16. The number of rotatable bonds is 3. The predicted octanol–water partition coefficient (Wildman–Crippen LogP) is 2.96. The third kappa shape index (κ3) is 2.96. The highest BCUT2D eigenvalue weighted by molar-refractivity contribution is 6.10. The Morgan fingerprint density at radius 3 is 2.71 bits per heavy atom. The fourth-order valence-corrected chi connectivity index (χ4v) is 2.58. The molecule has 3 rings (SSSR count). The number of nitrogens with one attached hydrogen (secondary N) is 1. The van der Waals surface area contributed by atoms with Crippen molar-refractivity contribution in [2.75, 3.05) is 31.0 Å². The average Bonchev–Trinajstić information content (AvgIpc) is 2.65. The van der Waals surface area contributed by atoms with Crippen LogP contribution in [0.2, 0.25) is 0 Å². The van der Waals surface area contributed by atoms with Crippen molar-refractivity contribution in [1.29, 1.82) is 0 Å². The molecule has 0 fully saturated rings. The SMILES string of the molecule is COCC(=O)Nc1ccc2c(c1)C(=O)N(C)c1cc(C)ccc1O2. The normalized spacial score (nSPS) is 12.8. The van der Waals surface area contributed by atoms with Gasteiger partial charge in [-0.3, -0.25) is 9.59 Å². The van der Waals surface area contributed by atoms with E-state index >= 15 is 0 Å². The number of fused-ring (bicyclic) bond motifs is 2. The third-order valence-electron chi connectivity index (χ3n) is 3.77. The van der Waals surface area contributed by atoms with Gasteiger partial charge in [0.25, 0.3) is 5.91 Å². The van der Waals surface area contributed by atoms with Gasteiger partial charge in [0.05, 0.1) is 11.3 Å². The summed E-state index contributed by atoms with van der Waals surface area (Å²) in [6.45, 7) is 1.91. The van der Waals surface area contributed by atoms with Gasteiger partial charge in [0, 0.05) is 19.8 Å². The maximum atomic E-state index is 12.8. The van der Waals surface area contributed by atoms with Gasteiger partial charge in [0.1, 0.15) is 12.4 Å². The molecule has 1 N–H and O–H groups in total. The molecular formula is C18H18N2O4. The molecule has 0 aromatic heterocycles. The van der Waals surface area contributed by atoms with Crippen LogP contribution in [-0.2, 0) is 9.53 Å². The molecule has 0 saturated heterocycles. The summed E-state index contributed by atoms with van der Waals surface area (Å²) in [5, 5.41) is 2.69. The molecule has 2 amide bonds. The largest absolute Gasteiger partial charge is 0.454 e. The molecule has 2 aromatic carbocycles. The number of aryl methyl sites for hydroxylation is 1. The maximum absolute atomic E-state index is 12.8. The summed E-state index contributed by atoms with van der Waals surface area (Å²) in [5.41, 5.74) is 2.65. The molecular weight excluding hydrogens is 308 g/mol. The van der Waals surface area contributed by atoms with E-state index in [0.717, 1.165) is 5.56 Å². The van der Waals surface area contributed by atoms with Crippen molar-refractivity contribution in [3.8, 4) is 11.5 Å². The van der Waals surface area contributed by atoms with Crippen molar-refractivity contribution in [1.82, 2.24) is 0 Å². The summed E-state index contributed by atoms with van der Waals surface area (Å²) in [7, 11) is 3.15. The minimum absolute atomic E-state index is 0.0495. The monoisotopic (exact) mass is 326 g/mol. The Morgan fingerprint density at radius 1 is 1.21 bits per heavy atom. The molecule has 0 unspecified atom stereocenters. The van der Waals surface area contributed by atoms with Crippen LogP contribution in [0, 0.1) is 6.92 Å². The first-order valence-corrected chi connectivity index (χ1v) is 7.49. The summed E-state index contributed by atoms with van der Waals surface area (Å²) in [5.74, 6) is 0.592. The van der Waals surface area contributed by atoms with E-state index in [1.54, 1.807) is 30.1 Å². The van der Waals surface area contributed by atoms with E-state index in [1.165, 1.54) is 7.11 Å². The number of carbonyl (C=O) groups is 2. The van der Waals surface area contributed by atoms with E-state index < -0.39 is 0 Å². The molecule has 0 radical (unpaired) electrons. The van der Waals surface area contributed by atoms with Crippen molar-refractivity contribution in [2.24, 2.45) is 0 Å². The smallest absolute Gasteiger partial charge is 0.261 e. The minimum atomic E-state index is -0.285. The van der Waals surface area contributed by atoms with E-state index in [0.29, 0.717) is 28.4 Å². The molecule has 1 heterocycles. The van der Waals surface area contributed by atoms with E-state index in [-0.39, 0.29) is 18.4 Å². The summed E-state index contributed by atoms with van der Waals surface area (Å²) in [6.07, 6.45) is 0. The zero-order valence-electron chi connectivity index (χ0n) is 13.8. The molecule has 6 nitrogen and oxygen atoms in total. The van der Waals surface area contributed by atoms with Crippen LogP contribution in [0.1, 0.15) is 15.9 Å². The molecule has 1 aliphatic rings. The average molecular weight is 326 g/mol. The van der Waals surface area contributed by atoms with Crippen LogP contribution in [0.3, 0.4) is 0 Å². The second kappa shape index (κ2) is 6.33. The number of nitrogens with zero attached hydrogens (tertiary/aromatic N) is 1. The number of methoxy groups -OCH3 is 1. The van der Waals surface area contributed by atoms with Crippen molar-refractivity contribution in [3.63, 3.8) is 0 Å². The van der Waals surface area contributed by atoms with E-state index in [2.05, 4.69) is 5.32 Å². The minimum Gasteiger partial charge on any atom is -0.454 e. The number of benzene rings is 2. The molecule has 0 bridgehead atoms. The lowest BCUT2D eigenvalue weighted by Crippen LogP contribution is -2.25. The van der Waals surface area contributed by atoms with Crippen LogP contribution >= 0.6 is 0 Å². The zero-order chi connectivity index (χ0) is 17.3. The lowest BCUT2D eigenvalue weighted by molar-refractivity contribution is -0.119. The maximum Gasteiger partial charge on any atom is 0.261 e. The van der Waals surface area contributed by atoms with Crippen LogP contribution < -0.4 is 15.0 Å². The third-order valence-corrected chi connectivity index (χ3v) is 3.77. The number of anilines is 2. The van der Waals surface area contributed by atoms with Crippen molar-refractivity contribution < 1.29 is 19.1 Å². The van der Waals surface area contributed by atoms with Crippen LogP contribution in [0.15, 0.2) is 36.4 Å². The van der Waals surface area contributed by atoms with E-state index in [1.807, 2.05) is 25.1 Å². The lowest BCUT2D eigenvalue weighted by atomic mass is 10.1. The van der Waals surface area contributed by atoms with Crippen molar-refractivity contribution in [3.05, 3.63) is 47.5 Å². The highest BCUT2D eigenvalue weighted by atomic mass is 16.5. The Morgan fingerprint density at radius 2 is 1.96 bits per heavy atom. The first-order chi connectivity index (χ1) is 11.5. The Hall–Kier alpha value is -2.86. The van der Waals surface area contributed by atoms with Crippen LogP contribution in [-0.4, -0.2) is 32.6 Å². The fourth-order valence-electron chi connectivity index (χ4n) is 2.58. The van der Waals surface area contributed by atoms with Gasteiger partial charge in [-0.2, -0.15) is 0 Å². The summed E-state index contributed by atoms with van der Waals surface area (Å²) < 4.78 is 10.7. The first-order valence-electron chi connectivity index (χ1n) is 7.49. The predicted molar refractivity (Wildman–Crippen MR) is 90.9 cm³/mol. The molecule has 0 saturated carbocycles. The van der Waals surface area contributed by atoms with Gasteiger partial charge in [-0.05, 0) is 42.8 Å².